The number of amides is 1. The summed E-state index contributed by atoms with van der Waals surface area (Å²) in [5.41, 5.74) is 4.21. The topological polar surface area (TPSA) is 84.7 Å². The van der Waals surface area contributed by atoms with Gasteiger partial charge in [-0.15, -0.1) is 0 Å². The molecule has 1 fully saturated rings. The molecule has 150 valence electrons. The normalized spacial score (nSPS) is 16.3. The number of carboxylic acid groups (broad SMARTS) is 1. The van der Waals surface area contributed by atoms with Gasteiger partial charge in [0, 0.05) is 43.8 Å². The fourth-order valence-electron chi connectivity index (χ4n) is 3.68. The lowest BCUT2D eigenvalue weighted by molar-refractivity contribution is -0.136. The first-order valence-electron chi connectivity index (χ1n) is 9.57. The van der Waals surface area contributed by atoms with Crippen molar-refractivity contribution in [2.75, 3.05) is 26.8 Å². The van der Waals surface area contributed by atoms with Crippen LogP contribution >= 0.6 is 0 Å². The van der Waals surface area contributed by atoms with Gasteiger partial charge in [-0.05, 0) is 56.5 Å². The van der Waals surface area contributed by atoms with E-state index in [1.54, 1.807) is 9.58 Å². The summed E-state index contributed by atoms with van der Waals surface area (Å²) < 4.78 is 7.19. The molecule has 0 spiro atoms. The quantitative estimate of drug-likeness (QED) is 0.792. The number of rotatable bonds is 7. The molecule has 28 heavy (non-hydrogen) atoms. The molecule has 7 heteroatoms. The number of hydrogen-bond acceptors (Lipinski definition) is 4. The number of carbonyl (C=O) groups is 2. The zero-order valence-corrected chi connectivity index (χ0v) is 16.6. The number of ether oxygens (including phenoxy) is 1. The van der Waals surface area contributed by atoms with E-state index in [0.717, 1.165) is 42.3 Å². The van der Waals surface area contributed by atoms with Crippen LogP contribution in [0.5, 0.6) is 0 Å². The minimum Gasteiger partial charge on any atom is -0.481 e. The SMILES string of the molecule is Cc1nn(-c2ccc(C(=O)N(C)C[C@@H]3CCOC3)cc2)c(C)c1CCC(=O)O. The Morgan fingerprint density at radius 1 is 1.29 bits per heavy atom. The highest BCUT2D eigenvalue weighted by molar-refractivity contribution is 5.94. The standard InChI is InChI=1S/C21H27N3O4/c1-14-19(8-9-20(25)26)15(2)24(22-14)18-6-4-17(5-7-18)21(27)23(3)12-16-10-11-28-13-16/h4-7,16H,8-13H2,1-3H3,(H,25,26)/t16-/m0/s1. The predicted octanol–water partition coefficient (Wildman–Crippen LogP) is 2.61. The van der Waals surface area contributed by atoms with Crippen LogP contribution in [0.2, 0.25) is 0 Å². The van der Waals surface area contributed by atoms with Crippen molar-refractivity contribution in [3.05, 3.63) is 46.8 Å². The number of benzene rings is 1. The zero-order valence-electron chi connectivity index (χ0n) is 16.6. The van der Waals surface area contributed by atoms with Crippen molar-refractivity contribution >= 4 is 11.9 Å². The molecule has 1 atom stereocenters. The molecule has 0 aliphatic carbocycles. The van der Waals surface area contributed by atoms with Gasteiger partial charge in [0.2, 0.25) is 0 Å². The number of hydrogen-bond donors (Lipinski definition) is 1. The van der Waals surface area contributed by atoms with Crippen molar-refractivity contribution in [3.63, 3.8) is 0 Å². The Morgan fingerprint density at radius 3 is 2.61 bits per heavy atom. The third kappa shape index (κ3) is 4.42. The lowest BCUT2D eigenvalue weighted by Crippen LogP contribution is -2.32. The summed E-state index contributed by atoms with van der Waals surface area (Å²) in [5.74, 6) is -0.413. The first-order valence-corrected chi connectivity index (χ1v) is 9.57. The lowest BCUT2D eigenvalue weighted by atomic mass is 10.1. The number of aromatic nitrogens is 2. The second kappa shape index (κ2) is 8.56. The minimum atomic E-state index is -0.817. The van der Waals surface area contributed by atoms with Gasteiger partial charge in [-0.3, -0.25) is 9.59 Å². The maximum Gasteiger partial charge on any atom is 0.303 e. The molecule has 1 saturated heterocycles. The molecule has 1 aromatic heterocycles. The molecule has 7 nitrogen and oxygen atoms in total. The Hall–Kier alpha value is -2.67. The van der Waals surface area contributed by atoms with E-state index in [9.17, 15) is 9.59 Å². The van der Waals surface area contributed by atoms with Crippen molar-refractivity contribution in [1.82, 2.24) is 14.7 Å². The Morgan fingerprint density at radius 2 is 2.00 bits per heavy atom. The highest BCUT2D eigenvalue weighted by Gasteiger charge is 2.21. The van der Waals surface area contributed by atoms with Crippen LogP contribution in [0.25, 0.3) is 5.69 Å². The molecule has 1 aliphatic heterocycles. The smallest absolute Gasteiger partial charge is 0.303 e. The van der Waals surface area contributed by atoms with Gasteiger partial charge < -0.3 is 14.7 Å². The Kier molecular flexibility index (Phi) is 6.14. The van der Waals surface area contributed by atoms with E-state index in [0.29, 0.717) is 24.4 Å². The second-order valence-corrected chi connectivity index (χ2v) is 7.42. The number of carboxylic acids is 1. The molecule has 0 saturated carbocycles. The van der Waals surface area contributed by atoms with Crippen LogP contribution in [0.15, 0.2) is 24.3 Å². The van der Waals surface area contributed by atoms with Crippen LogP contribution in [0.4, 0.5) is 0 Å². The maximum absolute atomic E-state index is 12.7. The Bertz CT molecular complexity index is 851. The van der Waals surface area contributed by atoms with Gasteiger partial charge in [0.1, 0.15) is 0 Å². The van der Waals surface area contributed by atoms with E-state index in [4.69, 9.17) is 9.84 Å². The van der Waals surface area contributed by atoms with Crippen molar-refractivity contribution < 1.29 is 19.4 Å². The zero-order chi connectivity index (χ0) is 20.3. The average Bonchev–Trinajstić information content (AvgIpc) is 3.27. The number of nitrogens with zero attached hydrogens (tertiary/aromatic N) is 3. The van der Waals surface area contributed by atoms with Gasteiger partial charge in [0.15, 0.2) is 0 Å². The summed E-state index contributed by atoms with van der Waals surface area (Å²) in [5, 5.41) is 13.5. The van der Waals surface area contributed by atoms with Gasteiger partial charge in [-0.25, -0.2) is 4.68 Å². The molecule has 1 aliphatic rings. The highest BCUT2D eigenvalue weighted by Crippen LogP contribution is 2.20. The number of aliphatic carboxylic acids is 1. The third-order valence-corrected chi connectivity index (χ3v) is 5.29. The van der Waals surface area contributed by atoms with E-state index >= 15 is 0 Å². The average molecular weight is 385 g/mol. The fraction of sp³-hybridized carbons (Fsp3) is 0.476. The van der Waals surface area contributed by atoms with Gasteiger partial charge in [-0.2, -0.15) is 5.10 Å². The van der Waals surface area contributed by atoms with Crippen LogP contribution in [-0.2, 0) is 16.0 Å². The van der Waals surface area contributed by atoms with Gasteiger partial charge >= 0.3 is 5.97 Å². The summed E-state index contributed by atoms with van der Waals surface area (Å²) in [6, 6.07) is 7.37. The molecule has 2 aromatic rings. The number of aryl methyl sites for hydroxylation is 1. The van der Waals surface area contributed by atoms with E-state index < -0.39 is 5.97 Å². The Balaban J connectivity index is 1.72. The first-order chi connectivity index (χ1) is 13.4. The second-order valence-electron chi connectivity index (χ2n) is 7.42. The minimum absolute atomic E-state index is 0.00559. The third-order valence-electron chi connectivity index (χ3n) is 5.29. The summed E-state index contributed by atoms with van der Waals surface area (Å²) in [6.45, 7) is 6.02. The van der Waals surface area contributed by atoms with E-state index in [2.05, 4.69) is 5.10 Å². The molecular weight excluding hydrogens is 358 g/mol. The molecule has 1 aromatic carbocycles. The van der Waals surface area contributed by atoms with Gasteiger partial charge in [0.05, 0.1) is 18.0 Å². The molecular formula is C21H27N3O4. The first kappa shape index (κ1) is 20.1. The molecule has 3 rings (SSSR count). The van der Waals surface area contributed by atoms with Gasteiger partial charge in [0.25, 0.3) is 5.91 Å². The predicted molar refractivity (Wildman–Crippen MR) is 105 cm³/mol. The van der Waals surface area contributed by atoms with E-state index in [-0.39, 0.29) is 12.3 Å². The highest BCUT2D eigenvalue weighted by atomic mass is 16.5. The molecule has 1 amide bonds. The summed E-state index contributed by atoms with van der Waals surface area (Å²) in [7, 11) is 1.82. The van der Waals surface area contributed by atoms with Crippen molar-refractivity contribution in [2.24, 2.45) is 5.92 Å². The van der Waals surface area contributed by atoms with Gasteiger partial charge in [-0.1, -0.05) is 0 Å². The van der Waals surface area contributed by atoms with Crippen LogP contribution in [-0.4, -0.2) is 58.5 Å². The fourth-order valence-corrected chi connectivity index (χ4v) is 3.68. The van der Waals surface area contributed by atoms with Crippen LogP contribution in [0, 0.1) is 19.8 Å². The maximum atomic E-state index is 12.7. The van der Waals surface area contributed by atoms with Crippen LogP contribution in [0.1, 0.15) is 40.2 Å². The summed E-state index contributed by atoms with van der Waals surface area (Å²) >= 11 is 0. The van der Waals surface area contributed by atoms with E-state index in [1.165, 1.54) is 0 Å². The lowest BCUT2D eigenvalue weighted by Gasteiger charge is -2.20. The summed E-state index contributed by atoms with van der Waals surface area (Å²) in [6.07, 6.45) is 1.54. The molecule has 0 radical (unpaired) electrons. The number of carbonyl (C=O) groups excluding carboxylic acids is 1. The van der Waals surface area contributed by atoms with Crippen molar-refractivity contribution in [2.45, 2.75) is 33.1 Å². The Labute approximate surface area is 164 Å². The molecule has 1 N–H and O–H groups in total. The summed E-state index contributed by atoms with van der Waals surface area (Å²) in [4.78, 5) is 25.3. The van der Waals surface area contributed by atoms with E-state index in [1.807, 2.05) is 45.2 Å². The monoisotopic (exact) mass is 385 g/mol. The largest absolute Gasteiger partial charge is 0.481 e. The molecule has 0 bridgehead atoms. The van der Waals surface area contributed by atoms with Crippen molar-refractivity contribution in [3.8, 4) is 5.69 Å². The van der Waals surface area contributed by atoms with Crippen molar-refractivity contribution in [1.29, 1.82) is 0 Å². The van der Waals surface area contributed by atoms with Crippen LogP contribution < -0.4 is 0 Å². The van der Waals surface area contributed by atoms with Crippen LogP contribution in [0.3, 0.4) is 0 Å². The molecule has 2 heterocycles. The molecule has 0 unspecified atom stereocenters.